The average molecular weight is 335 g/mol. The SMILES string of the molecule is CCCS(=O)(=O)N1C[C@H](c2nc(-c3ccccc3)no2)[C@@H](C)C1. The van der Waals surface area contributed by atoms with E-state index in [4.69, 9.17) is 4.52 Å². The number of hydrogen-bond acceptors (Lipinski definition) is 5. The highest BCUT2D eigenvalue weighted by Crippen LogP contribution is 2.34. The summed E-state index contributed by atoms with van der Waals surface area (Å²) in [4.78, 5) is 4.48. The molecule has 0 radical (unpaired) electrons. The van der Waals surface area contributed by atoms with Crippen molar-refractivity contribution in [3.05, 3.63) is 36.2 Å². The van der Waals surface area contributed by atoms with Gasteiger partial charge in [-0.15, -0.1) is 0 Å². The number of nitrogens with zero attached hydrogens (tertiary/aromatic N) is 3. The van der Waals surface area contributed by atoms with Gasteiger partial charge in [0, 0.05) is 18.7 Å². The third-order valence-corrected chi connectivity index (χ3v) is 6.23. The maximum atomic E-state index is 12.2. The molecular formula is C16H21N3O3S. The number of sulfonamides is 1. The minimum atomic E-state index is -3.19. The first-order valence-electron chi connectivity index (χ1n) is 7.88. The van der Waals surface area contributed by atoms with Crippen LogP contribution in [0.3, 0.4) is 0 Å². The van der Waals surface area contributed by atoms with Crippen LogP contribution in [-0.4, -0.2) is 41.7 Å². The fraction of sp³-hybridized carbons (Fsp3) is 0.500. The Hall–Kier alpha value is -1.73. The molecule has 1 aliphatic rings. The van der Waals surface area contributed by atoms with Crippen LogP contribution in [0.25, 0.3) is 11.4 Å². The van der Waals surface area contributed by atoms with E-state index in [-0.39, 0.29) is 17.6 Å². The summed E-state index contributed by atoms with van der Waals surface area (Å²) in [6.07, 6.45) is 0.622. The summed E-state index contributed by atoms with van der Waals surface area (Å²) in [5, 5.41) is 4.03. The van der Waals surface area contributed by atoms with E-state index in [1.165, 1.54) is 0 Å². The lowest BCUT2D eigenvalue weighted by molar-refractivity contribution is 0.338. The molecule has 6 nitrogen and oxygen atoms in total. The molecule has 23 heavy (non-hydrogen) atoms. The summed E-state index contributed by atoms with van der Waals surface area (Å²) < 4.78 is 31.4. The van der Waals surface area contributed by atoms with Crippen LogP contribution in [0.5, 0.6) is 0 Å². The van der Waals surface area contributed by atoms with Crippen molar-refractivity contribution >= 4 is 10.0 Å². The van der Waals surface area contributed by atoms with E-state index in [1.807, 2.05) is 44.2 Å². The van der Waals surface area contributed by atoms with Gasteiger partial charge in [0.25, 0.3) is 0 Å². The van der Waals surface area contributed by atoms with Crippen LogP contribution in [0, 0.1) is 5.92 Å². The van der Waals surface area contributed by atoms with Crippen LogP contribution in [0.4, 0.5) is 0 Å². The molecule has 0 saturated carbocycles. The third-order valence-electron chi connectivity index (χ3n) is 4.23. The first-order chi connectivity index (χ1) is 11.0. The van der Waals surface area contributed by atoms with Gasteiger partial charge in [0.1, 0.15) is 0 Å². The molecule has 0 aliphatic carbocycles. The van der Waals surface area contributed by atoms with Crippen molar-refractivity contribution in [2.24, 2.45) is 5.92 Å². The largest absolute Gasteiger partial charge is 0.339 e. The molecule has 0 N–H and O–H groups in total. The topological polar surface area (TPSA) is 76.3 Å². The lowest BCUT2D eigenvalue weighted by atomic mass is 9.98. The number of benzene rings is 1. The number of aromatic nitrogens is 2. The monoisotopic (exact) mass is 335 g/mol. The van der Waals surface area contributed by atoms with E-state index in [1.54, 1.807) is 4.31 Å². The highest BCUT2D eigenvalue weighted by atomic mass is 32.2. The first-order valence-corrected chi connectivity index (χ1v) is 9.49. The zero-order valence-electron chi connectivity index (χ0n) is 13.3. The molecule has 2 aromatic rings. The van der Waals surface area contributed by atoms with Crippen LogP contribution in [-0.2, 0) is 10.0 Å². The van der Waals surface area contributed by atoms with E-state index in [9.17, 15) is 8.42 Å². The number of hydrogen-bond donors (Lipinski definition) is 0. The molecular weight excluding hydrogens is 314 g/mol. The van der Waals surface area contributed by atoms with Crippen molar-refractivity contribution < 1.29 is 12.9 Å². The first kappa shape index (κ1) is 16.1. The Kier molecular flexibility index (Phi) is 4.50. The lowest BCUT2D eigenvalue weighted by Gasteiger charge is -2.14. The molecule has 1 saturated heterocycles. The van der Waals surface area contributed by atoms with Gasteiger partial charge in [-0.3, -0.25) is 0 Å². The molecule has 0 bridgehead atoms. The standard InChI is InChI=1S/C16H21N3O3S/c1-3-9-23(20,21)19-10-12(2)14(11-19)16-17-15(18-22-16)13-7-5-4-6-8-13/h4-8,12,14H,3,9-11H2,1-2H3/t12-,14-/m0/s1. The van der Waals surface area contributed by atoms with Crippen LogP contribution in [0.2, 0.25) is 0 Å². The van der Waals surface area contributed by atoms with Crippen LogP contribution in [0.15, 0.2) is 34.9 Å². The molecule has 1 aromatic carbocycles. The van der Waals surface area contributed by atoms with Crippen molar-refractivity contribution in [1.29, 1.82) is 0 Å². The molecule has 1 fully saturated rings. The highest BCUT2D eigenvalue weighted by molar-refractivity contribution is 7.89. The van der Waals surface area contributed by atoms with Crippen molar-refractivity contribution in [3.8, 4) is 11.4 Å². The average Bonchev–Trinajstić information content (AvgIpc) is 3.15. The smallest absolute Gasteiger partial charge is 0.231 e. The van der Waals surface area contributed by atoms with Gasteiger partial charge in [-0.25, -0.2) is 12.7 Å². The Labute approximate surface area is 136 Å². The summed E-state index contributed by atoms with van der Waals surface area (Å²) in [7, 11) is -3.19. The summed E-state index contributed by atoms with van der Waals surface area (Å²) in [6, 6.07) is 9.61. The van der Waals surface area contributed by atoms with E-state index in [0.717, 1.165) is 5.56 Å². The summed E-state index contributed by atoms with van der Waals surface area (Å²) in [6.45, 7) is 4.83. The van der Waals surface area contributed by atoms with Gasteiger partial charge in [-0.1, -0.05) is 49.3 Å². The summed E-state index contributed by atoms with van der Waals surface area (Å²) in [5.74, 6) is 1.36. The fourth-order valence-corrected chi connectivity index (χ4v) is 4.57. The third kappa shape index (κ3) is 3.30. The molecule has 1 aromatic heterocycles. The second-order valence-corrected chi connectivity index (χ2v) is 8.13. The van der Waals surface area contributed by atoms with Gasteiger partial charge in [-0.05, 0) is 12.3 Å². The molecule has 3 rings (SSSR count). The summed E-state index contributed by atoms with van der Waals surface area (Å²) in [5.41, 5.74) is 0.892. The van der Waals surface area contributed by atoms with Crippen molar-refractivity contribution in [2.75, 3.05) is 18.8 Å². The normalized spacial score (nSPS) is 22.5. The Balaban J connectivity index is 1.79. The molecule has 0 unspecified atom stereocenters. The minimum Gasteiger partial charge on any atom is -0.339 e. The van der Waals surface area contributed by atoms with Gasteiger partial charge in [0.05, 0.1) is 11.7 Å². The Morgan fingerprint density at radius 3 is 2.70 bits per heavy atom. The Morgan fingerprint density at radius 1 is 1.26 bits per heavy atom. The maximum absolute atomic E-state index is 12.2. The van der Waals surface area contributed by atoms with E-state index >= 15 is 0 Å². The lowest BCUT2D eigenvalue weighted by Crippen LogP contribution is -2.31. The van der Waals surface area contributed by atoms with Crippen molar-refractivity contribution in [1.82, 2.24) is 14.4 Å². The van der Waals surface area contributed by atoms with Crippen LogP contribution >= 0.6 is 0 Å². The Morgan fingerprint density at radius 2 is 2.00 bits per heavy atom. The summed E-state index contributed by atoms with van der Waals surface area (Å²) >= 11 is 0. The van der Waals surface area contributed by atoms with Gasteiger partial charge in [0.15, 0.2) is 0 Å². The van der Waals surface area contributed by atoms with Gasteiger partial charge >= 0.3 is 0 Å². The van der Waals surface area contributed by atoms with Gasteiger partial charge in [0.2, 0.25) is 21.7 Å². The predicted molar refractivity (Wildman–Crippen MR) is 87.3 cm³/mol. The van der Waals surface area contributed by atoms with E-state index in [0.29, 0.717) is 31.2 Å². The second kappa shape index (κ2) is 6.41. The van der Waals surface area contributed by atoms with Crippen molar-refractivity contribution in [3.63, 3.8) is 0 Å². The second-order valence-electron chi connectivity index (χ2n) is 6.04. The fourth-order valence-electron chi connectivity index (χ4n) is 2.95. The quantitative estimate of drug-likeness (QED) is 0.839. The molecule has 124 valence electrons. The van der Waals surface area contributed by atoms with Crippen LogP contribution in [0.1, 0.15) is 32.1 Å². The molecule has 0 amide bonds. The molecule has 0 spiro atoms. The molecule has 7 heteroatoms. The van der Waals surface area contributed by atoms with Gasteiger partial charge in [-0.2, -0.15) is 4.98 Å². The van der Waals surface area contributed by atoms with E-state index in [2.05, 4.69) is 10.1 Å². The molecule has 1 aliphatic heterocycles. The van der Waals surface area contributed by atoms with Crippen LogP contribution < -0.4 is 0 Å². The minimum absolute atomic E-state index is 0.0495. The highest BCUT2D eigenvalue weighted by Gasteiger charge is 2.39. The predicted octanol–water partition coefficient (Wildman–Crippen LogP) is 2.51. The number of rotatable bonds is 5. The van der Waals surface area contributed by atoms with E-state index < -0.39 is 10.0 Å². The Bertz CT molecular complexity index is 758. The van der Waals surface area contributed by atoms with Crippen molar-refractivity contribution in [2.45, 2.75) is 26.2 Å². The van der Waals surface area contributed by atoms with Gasteiger partial charge < -0.3 is 4.52 Å². The zero-order valence-corrected chi connectivity index (χ0v) is 14.2. The molecule has 2 heterocycles. The zero-order chi connectivity index (χ0) is 16.4. The maximum Gasteiger partial charge on any atom is 0.231 e. The molecule has 2 atom stereocenters.